The molecule has 2 aromatic carbocycles. The average molecular weight is 471 g/mol. The van der Waals surface area contributed by atoms with Crippen LogP contribution in [-0.4, -0.2) is 22.2 Å². The van der Waals surface area contributed by atoms with Crippen molar-refractivity contribution in [1.82, 2.24) is 0 Å². The van der Waals surface area contributed by atoms with Crippen LogP contribution in [0.5, 0.6) is 11.5 Å². The van der Waals surface area contributed by atoms with Crippen LogP contribution >= 0.6 is 0 Å². The number of ether oxygens (including phenoxy) is 2. The second kappa shape index (κ2) is 11.6. The van der Waals surface area contributed by atoms with Crippen molar-refractivity contribution < 1.29 is 13.9 Å². The van der Waals surface area contributed by atoms with E-state index in [1.165, 1.54) is 27.8 Å². The molecular formula is C29H46O3Si. The monoisotopic (exact) mass is 470 g/mol. The van der Waals surface area contributed by atoms with E-state index in [1.807, 2.05) is 0 Å². The first-order valence-corrected chi connectivity index (χ1v) is 14.6. The third-order valence-electron chi connectivity index (χ3n) is 7.08. The normalized spacial score (nSPS) is 12.3. The van der Waals surface area contributed by atoms with E-state index in [0.29, 0.717) is 22.5 Å². The third kappa shape index (κ3) is 6.22. The number of benzene rings is 2. The second-order valence-corrected chi connectivity index (χ2v) is 16.1. The smallest absolute Gasteiger partial charge is 0.258 e. The third-order valence-corrected chi connectivity index (χ3v) is 13.1. The standard InChI is InChI=1S/C29H46O3Si/c1-19(2)27-16-25(12-13-29(27)31-18-30-11)17-28-23(9)14-26(15-24(28)10)32-33(20(3)4,21(5)6)22(7)8/h12-16,19-22H,17-18H2,1-11H3. The topological polar surface area (TPSA) is 27.7 Å². The zero-order valence-corrected chi connectivity index (χ0v) is 23.8. The first-order valence-electron chi connectivity index (χ1n) is 12.5. The summed E-state index contributed by atoms with van der Waals surface area (Å²) in [7, 11) is -0.316. The molecule has 0 heterocycles. The molecule has 0 aromatic heterocycles. The molecule has 0 radical (unpaired) electrons. The Balaban J connectivity index is 2.37. The SMILES string of the molecule is COCOc1ccc(Cc2c(C)cc(O[Si](C(C)C)(C(C)C)C(C)C)cc2C)cc1C(C)C. The lowest BCUT2D eigenvalue weighted by Gasteiger charge is -2.42. The van der Waals surface area contributed by atoms with Crippen LogP contribution in [0.3, 0.4) is 0 Å². The van der Waals surface area contributed by atoms with Gasteiger partial charge in [0.05, 0.1) is 0 Å². The van der Waals surface area contributed by atoms with E-state index in [0.717, 1.165) is 17.9 Å². The highest BCUT2D eigenvalue weighted by Crippen LogP contribution is 2.43. The molecule has 0 spiro atoms. The van der Waals surface area contributed by atoms with Crippen molar-refractivity contribution in [3.05, 3.63) is 58.1 Å². The summed E-state index contributed by atoms with van der Waals surface area (Å²) in [6, 6.07) is 11.1. The van der Waals surface area contributed by atoms with Crippen molar-refractivity contribution in [1.29, 1.82) is 0 Å². The van der Waals surface area contributed by atoms with Gasteiger partial charge < -0.3 is 13.9 Å². The molecule has 0 aliphatic rings. The first kappa shape index (κ1) is 27.5. The molecule has 0 N–H and O–H groups in total. The van der Waals surface area contributed by atoms with Gasteiger partial charge in [-0.15, -0.1) is 0 Å². The maximum atomic E-state index is 6.97. The van der Waals surface area contributed by atoms with Crippen molar-refractivity contribution in [3.63, 3.8) is 0 Å². The van der Waals surface area contributed by atoms with Crippen LogP contribution < -0.4 is 9.16 Å². The highest BCUT2D eigenvalue weighted by atomic mass is 28.4. The summed E-state index contributed by atoms with van der Waals surface area (Å²) < 4.78 is 17.8. The van der Waals surface area contributed by atoms with Gasteiger partial charge in [0, 0.05) is 7.11 Å². The van der Waals surface area contributed by atoms with Gasteiger partial charge in [-0.3, -0.25) is 0 Å². The molecule has 0 aliphatic heterocycles. The fourth-order valence-corrected chi connectivity index (χ4v) is 10.7. The molecule has 3 nitrogen and oxygen atoms in total. The highest BCUT2D eigenvalue weighted by Gasteiger charge is 2.47. The Morgan fingerprint density at radius 2 is 1.33 bits per heavy atom. The van der Waals surface area contributed by atoms with Gasteiger partial charge in [-0.25, -0.2) is 0 Å². The second-order valence-electron chi connectivity index (χ2n) is 10.7. The van der Waals surface area contributed by atoms with Gasteiger partial charge in [0.15, 0.2) is 6.79 Å². The molecule has 0 saturated heterocycles. The summed E-state index contributed by atoms with van der Waals surface area (Å²) >= 11 is 0. The van der Waals surface area contributed by atoms with Crippen LogP contribution in [0.1, 0.15) is 89.1 Å². The molecule has 0 atom stereocenters. The van der Waals surface area contributed by atoms with Crippen LogP contribution in [-0.2, 0) is 11.2 Å². The van der Waals surface area contributed by atoms with E-state index < -0.39 is 8.32 Å². The Bertz CT molecular complexity index is 870. The fraction of sp³-hybridized carbons (Fsp3) is 0.586. The Labute approximate surface area is 204 Å². The Morgan fingerprint density at radius 1 is 0.788 bits per heavy atom. The summed E-state index contributed by atoms with van der Waals surface area (Å²) in [5, 5.41) is 0. The number of aryl methyl sites for hydroxylation is 2. The van der Waals surface area contributed by atoms with Gasteiger partial charge in [0.25, 0.3) is 8.32 Å². The van der Waals surface area contributed by atoms with E-state index >= 15 is 0 Å². The molecule has 0 saturated carbocycles. The summed E-state index contributed by atoms with van der Waals surface area (Å²) in [6.45, 7) is 23.2. The lowest BCUT2D eigenvalue weighted by atomic mass is 9.93. The molecule has 33 heavy (non-hydrogen) atoms. The molecular weight excluding hydrogens is 424 g/mol. The lowest BCUT2D eigenvalue weighted by Crippen LogP contribution is -2.50. The van der Waals surface area contributed by atoms with Crippen LogP contribution in [0.4, 0.5) is 0 Å². The highest BCUT2D eigenvalue weighted by molar-refractivity contribution is 6.78. The van der Waals surface area contributed by atoms with E-state index in [9.17, 15) is 0 Å². The molecule has 2 aromatic rings. The Kier molecular flexibility index (Phi) is 9.63. The van der Waals surface area contributed by atoms with Crippen LogP contribution in [0, 0.1) is 13.8 Å². The van der Waals surface area contributed by atoms with Crippen molar-refractivity contribution in [2.24, 2.45) is 0 Å². The Morgan fingerprint density at radius 3 is 1.79 bits per heavy atom. The van der Waals surface area contributed by atoms with Crippen LogP contribution in [0.15, 0.2) is 30.3 Å². The number of rotatable bonds is 11. The summed E-state index contributed by atoms with van der Waals surface area (Å²) in [4.78, 5) is 0. The summed E-state index contributed by atoms with van der Waals surface area (Å²) in [5.41, 5.74) is 8.20. The molecule has 0 bridgehead atoms. The minimum absolute atomic E-state index is 0.271. The fourth-order valence-electron chi connectivity index (χ4n) is 5.47. The zero-order chi connectivity index (χ0) is 24.9. The number of hydrogen-bond donors (Lipinski definition) is 0. The van der Waals surface area contributed by atoms with Gasteiger partial charge in [-0.05, 0) is 88.8 Å². The van der Waals surface area contributed by atoms with E-state index in [4.69, 9.17) is 13.9 Å². The minimum Gasteiger partial charge on any atom is -0.543 e. The molecule has 4 heteroatoms. The van der Waals surface area contributed by atoms with Crippen molar-refractivity contribution in [2.75, 3.05) is 13.9 Å². The molecule has 2 rings (SSSR count). The van der Waals surface area contributed by atoms with E-state index in [1.54, 1.807) is 7.11 Å². The zero-order valence-electron chi connectivity index (χ0n) is 22.8. The lowest BCUT2D eigenvalue weighted by molar-refractivity contribution is 0.0502. The van der Waals surface area contributed by atoms with Crippen molar-refractivity contribution in [3.8, 4) is 11.5 Å². The largest absolute Gasteiger partial charge is 0.543 e. The van der Waals surface area contributed by atoms with E-state index in [-0.39, 0.29) is 6.79 Å². The van der Waals surface area contributed by atoms with Gasteiger partial charge in [0.1, 0.15) is 11.5 Å². The van der Waals surface area contributed by atoms with Gasteiger partial charge in [0.2, 0.25) is 0 Å². The van der Waals surface area contributed by atoms with Crippen molar-refractivity contribution in [2.45, 2.75) is 98.2 Å². The predicted molar refractivity (Wildman–Crippen MR) is 143 cm³/mol. The average Bonchev–Trinajstić information content (AvgIpc) is 2.72. The number of methoxy groups -OCH3 is 1. The number of hydrogen-bond acceptors (Lipinski definition) is 3. The molecule has 0 unspecified atom stereocenters. The van der Waals surface area contributed by atoms with Crippen LogP contribution in [0.25, 0.3) is 0 Å². The maximum Gasteiger partial charge on any atom is 0.258 e. The summed E-state index contributed by atoms with van der Waals surface area (Å²) in [6.07, 6.45) is 0.906. The van der Waals surface area contributed by atoms with Gasteiger partial charge >= 0.3 is 0 Å². The van der Waals surface area contributed by atoms with Gasteiger partial charge in [-0.1, -0.05) is 67.5 Å². The molecule has 0 amide bonds. The van der Waals surface area contributed by atoms with Crippen LogP contribution in [0.2, 0.25) is 16.6 Å². The minimum atomic E-state index is -1.97. The van der Waals surface area contributed by atoms with Gasteiger partial charge in [-0.2, -0.15) is 0 Å². The molecule has 0 fully saturated rings. The Hall–Kier alpha value is -1.78. The van der Waals surface area contributed by atoms with Crippen molar-refractivity contribution >= 4 is 8.32 Å². The first-order chi connectivity index (χ1) is 15.4. The van der Waals surface area contributed by atoms with E-state index in [2.05, 4.69) is 99.6 Å². The quantitative estimate of drug-likeness (QED) is 0.243. The molecule has 184 valence electrons. The predicted octanol–water partition coefficient (Wildman–Crippen LogP) is 8.55. The maximum absolute atomic E-state index is 6.97. The summed E-state index contributed by atoms with van der Waals surface area (Å²) in [5.74, 6) is 2.34. The molecule has 0 aliphatic carbocycles.